The minimum Gasteiger partial charge on any atom is -0.409 e. The van der Waals surface area contributed by atoms with E-state index in [9.17, 15) is 0 Å². The fraction of sp³-hybridized carbons (Fsp3) is 0.250. The second-order valence-corrected chi connectivity index (χ2v) is 4.10. The van der Waals surface area contributed by atoms with Gasteiger partial charge in [0.15, 0.2) is 11.7 Å². The summed E-state index contributed by atoms with van der Waals surface area (Å²) in [7, 11) is 0. The highest BCUT2D eigenvalue weighted by atomic mass is 16.4. The summed E-state index contributed by atoms with van der Waals surface area (Å²) >= 11 is 0. The van der Waals surface area contributed by atoms with Crippen LogP contribution in [0.15, 0.2) is 23.5 Å². The van der Waals surface area contributed by atoms with Gasteiger partial charge in [-0.25, -0.2) is 9.67 Å². The molecule has 0 spiro atoms. The van der Waals surface area contributed by atoms with E-state index < -0.39 is 0 Å². The van der Waals surface area contributed by atoms with Crippen LogP contribution in [0.2, 0.25) is 0 Å². The van der Waals surface area contributed by atoms with Crippen LogP contribution in [0.25, 0.3) is 5.82 Å². The first-order valence-electron chi connectivity index (χ1n) is 5.51. The van der Waals surface area contributed by atoms with Crippen LogP contribution in [0, 0.1) is 20.8 Å². The highest BCUT2D eigenvalue weighted by molar-refractivity contribution is 5.96. The summed E-state index contributed by atoms with van der Waals surface area (Å²) in [5.74, 6) is 0.747. The van der Waals surface area contributed by atoms with E-state index >= 15 is 0 Å². The SMILES string of the molecule is Cc1nn(-c2ccc(/C(N)=N/O)cn2)c(C)c1C. The van der Waals surface area contributed by atoms with E-state index in [1.807, 2.05) is 20.8 Å². The number of oxime groups is 1. The van der Waals surface area contributed by atoms with Crippen LogP contribution >= 0.6 is 0 Å². The smallest absolute Gasteiger partial charge is 0.171 e. The normalized spacial score (nSPS) is 11.8. The maximum Gasteiger partial charge on any atom is 0.171 e. The van der Waals surface area contributed by atoms with E-state index in [0.29, 0.717) is 11.4 Å². The summed E-state index contributed by atoms with van der Waals surface area (Å²) in [6, 6.07) is 3.52. The van der Waals surface area contributed by atoms with Crippen LogP contribution in [0.5, 0.6) is 0 Å². The Labute approximate surface area is 105 Å². The Kier molecular flexibility index (Phi) is 3.01. The summed E-state index contributed by atoms with van der Waals surface area (Å²) in [6.45, 7) is 5.98. The van der Waals surface area contributed by atoms with Crippen molar-refractivity contribution < 1.29 is 5.21 Å². The van der Waals surface area contributed by atoms with Crippen LogP contribution in [0.1, 0.15) is 22.5 Å². The molecule has 0 aliphatic rings. The lowest BCUT2D eigenvalue weighted by Gasteiger charge is -2.04. The maximum atomic E-state index is 8.58. The summed E-state index contributed by atoms with van der Waals surface area (Å²) in [6.07, 6.45) is 1.55. The number of rotatable bonds is 2. The molecule has 2 aromatic rings. The molecule has 0 radical (unpaired) electrons. The molecule has 0 aliphatic carbocycles. The zero-order valence-corrected chi connectivity index (χ0v) is 10.5. The first kappa shape index (κ1) is 12.1. The molecule has 0 saturated carbocycles. The Bertz CT molecular complexity index is 598. The average molecular weight is 245 g/mol. The number of pyridine rings is 1. The van der Waals surface area contributed by atoms with Gasteiger partial charge in [0, 0.05) is 17.5 Å². The van der Waals surface area contributed by atoms with E-state index in [4.69, 9.17) is 10.9 Å². The summed E-state index contributed by atoms with van der Waals surface area (Å²) in [5.41, 5.74) is 9.23. The number of aryl methyl sites for hydroxylation is 1. The maximum absolute atomic E-state index is 8.58. The minimum atomic E-state index is 0.0404. The molecule has 0 unspecified atom stereocenters. The lowest BCUT2D eigenvalue weighted by atomic mass is 10.2. The van der Waals surface area contributed by atoms with Gasteiger partial charge < -0.3 is 10.9 Å². The number of nitrogens with zero attached hydrogens (tertiary/aromatic N) is 4. The molecule has 0 amide bonds. The fourth-order valence-corrected chi connectivity index (χ4v) is 1.66. The van der Waals surface area contributed by atoms with Crippen molar-refractivity contribution in [3.8, 4) is 5.82 Å². The number of amidine groups is 1. The molecule has 0 fully saturated rings. The molecule has 18 heavy (non-hydrogen) atoms. The predicted octanol–water partition coefficient (Wildman–Crippen LogP) is 1.29. The van der Waals surface area contributed by atoms with Gasteiger partial charge in [-0.15, -0.1) is 0 Å². The topological polar surface area (TPSA) is 89.3 Å². The van der Waals surface area contributed by atoms with Crippen molar-refractivity contribution >= 4 is 5.84 Å². The van der Waals surface area contributed by atoms with E-state index in [0.717, 1.165) is 17.0 Å². The average Bonchev–Trinajstić information content (AvgIpc) is 2.66. The molecule has 6 heteroatoms. The van der Waals surface area contributed by atoms with E-state index in [1.165, 1.54) is 0 Å². The molecular formula is C12H15N5O. The predicted molar refractivity (Wildman–Crippen MR) is 68.1 cm³/mol. The lowest BCUT2D eigenvalue weighted by Crippen LogP contribution is -2.14. The molecule has 6 nitrogen and oxygen atoms in total. The Morgan fingerprint density at radius 1 is 1.33 bits per heavy atom. The van der Waals surface area contributed by atoms with Crippen LogP contribution < -0.4 is 5.73 Å². The zero-order chi connectivity index (χ0) is 13.3. The summed E-state index contributed by atoms with van der Waals surface area (Å²) < 4.78 is 1.78. The Morgan fingerprint density at radius 2 is 2.06 bits per heavy atom. The largest absolute Gasteiger partial charge is 0.409 e. The molecule has 0 saturated heterocycles. The highest BCUT2D eigenvalue weighted by Crippen LogP contribution is 2.15. The number of aromatic nitrogens is 3. The van der Waals surface area contributed by atoms with Gasteiger partial charge in [-0.05, 0) is 38.5 Å². The third-order valence-electron chi connectivity index (χ3n) is 3.02. The molecule has 0 bridgehead atoms. The van der Waals surface area contributed by atoms with E-state index in [1.54, 1.807) is 23.0 Å². The molecular weight excluding hydrogens is 230 g/mol. The highest BCUT2D eigenvalue weighted by Gasteiger charge is 2.10. The summed E-state index contributed by atoms with van der Waals surface area (Å²) in [5, 5.41) is 15.9. The van der Waals surface area contributed by atoms with Gasteiger partial charge in [-0.3, -0.25) is 0 Å². The molecule has 2 aromatic heterocycles. The second-order valence-electron chi connectivity index (χ2n) is 4.10. The molecule has 0 aliphatic heterocycles. The molecule has 0 aromatic carbocycles. The van der Waals surface area contributed by atoms with Gasteiger partial charge in [0.2, 0.25) is 0 Å². The van der Waals surface area contributed by atoms with Crippen molar-refractivity contribution in [1.29, 1.82) is 0 Å². The van der Waals surface area contributed by atoms with Gasteiger partial charge in [0.1, 0.15) is 0 Å². The molecule has 2 rings (SSSR count). The summed E-state index contributed by atoms with van der Waals surface area (Å²) in [4.78, 5) is 4.26. The van der Waals surface area contributed by atoms with Crippen molar-refractivity contribution in [2.75, 3.05) is 0 Å². The Morgan fingerprint density at radius 3 is 2.50 bits per heavy atom. The fourth-order valence-electron chi connectivity index (χ4n) is 1.66. The molecule has 3 N–H and O–H groups in total. The first-order chi connectivity index (χ1) is 8.54. The van der Waals surface area contributed by atoms with Crippen LogP contribution in [-0.2, 0) is 0 Å². The third kappa shape index (κ3) is 1.92. The molecule has 0 atom stereocenters. The van der Waals surface area contributed by atoms with Crippen molar-refractivity contribution in [3.05, 3.63) is 40.8 Å². The van der Waals surface area contributed by atoms with Gasteiger partial charge in [0.25, 0.3) is 0 Å². The first-order valence-corrected chi connectivity index (χ1v) is 5.51. The number of hydrogen-bond donors (Lipinski definition) is 2. The van der Waals surface area contributed by atoms with Gasteiger partial charge >= 0.3 is 0 Å². The van der Waals surface area contributed by atoms with Gasteiger partial charge in [-0.1, -0.05) is 5.16 Å². The van der Waals surface area contributed by atoms with Crippen LogP contribution in [-0.4, -0.2) is 25.8 Å². The quantitative estimate of drug-likeness (QED) is 0.361. The molecule has 2 heterocycles. The lowest BCUT2D eigenvalue weighted by molar-refractivity contribution is 0.318. The third-order valence-corrected chi connectivity index (χ3v) is 3.02. The van der Waals surface area contributed by atoms with Gasteiger partial charge in [-0.2, -0.15) is 5.10 Å². The van der Waals surface area contributed by atoms with Crippen molar-refractivity contribution in [1.82, 2.24) is 14.8 Å². The van der Waals surface area contributed by atoms with Crippen molar-refractivity contribution in [3.63, 3.8) is 0 Å². The van der Waals surface area contributed by atoms with Crippen LogP contribution in [0.4, 0.5) is 0 Å². The standard InChI is InChI=1S/C12H15N5O/c1-7-8(2)15-17(9(7)3)11-5-4-10(6-14-11)12(13)16-18/h4-6,18H,1-3H3,(H2,13,16). The molecule has 94 valence electrons. The second kappa shape index (κ2) is 4.48. The minimum absolute atomic E-state index is 0.0404. The van der Waals surface area contributed by atoms with Crippen LogP contribution in [0.3, 0.4) is 0 Å². The van der Waals surface area contributed by atoms with Gasteiger partial charge in [0.05, 0.1) is 5.69 Å². The Balaban J connectivity index is 2.43. The zero-order valence-electron chi connectivity index (χ0n) is 10.5. The van der Waals surface area contributed by atoms with E-state index in [-0.39, 0.29) is 5.84 Å². The number of hydrogen-bond acceptors (Lipinski definition) is 4. The van der Waals surface area contributed by atoms with Crippen molar-refractivity contribution in [2.24, 2.45) is 10.9 Å². The van der Waals surface area contributed by atoms with E-state index in [2.05, 4.69) is 15.2 Å². The number of nitrogens with two attached hydrogens (primary N) is 1. The monoisotopic (exact) mass is 245 g/mol. The Hall–Kier alpha value is -2.37. The van der Waals surface area contributed by atoms with Crippen molar-refractivity contribution in [2.45, 2.75) is 20.8 Å².